The molecule has 2 rings (SSSR count). The van der Waals surface area contributed by atoms with E-state index in [9.17, 15) is 13.2 Å². The number of benzene rings is 1. The number of amides is 1. The zero-order valence-electron chi connectivity index (χ0n) is 12.5. The molecule has 0 atom stereocenters. The Balaban J connectivity index is 2.28. The molecule has 0 aliphatic carbocycles. The van der Waals surface area contributed by atoms with E-state index < -0.39 is 9.05 Å². The van der Waals surface area contributed by atoms with Crippen molar-refractivity contribution < 1.29 is 13.2 Å². The maximum absolute atomic E-state index is 12.6. The quantitative estimate of drug-likeness (QED) is 0.783. The Bertz CT molecular complexity index is 657. The summed E-state index contributed by atoms with van der Waals surface area (Å²) in [5.41, 5.74) is 1.43. The van der Waals surface area contributed by atoms with Gasteiger partial charge in [0.1, 0.15) is 0 Å². The van der Waals surface area contributed by atoms with Crippen LogP contribution in [0.1, 0.15) is 42.6 Å². The van der Waals surface area contributed by atoms with Gasteiger partial charge in [0.05, 0.1) is 4.90 Å². The van der Waals surface area contributed by atoms with Gasteiger partial charge >= 0.3 is 0 Å². The summed E-state index contributed by atoms with van der Waals surface area (Å²) in [5, 5.41) is 0. The molecule has 116 valence electrons. The fraction of sp³-hybridized carbons (Fsp3) is 0.533. The monoisotopic (exact) mass is 329 g/mol. The van der Waals surface area contributed by atoms with Crippen LogP contribution in [0.15, 0.2) is 23.1 Å². The Morgan fingerprint density at radius 3 is 2.33 bits per heavy atom. The van der Waals surface area contributed by atoms with E-state index >= 15 is 0 Å². The number of aryl methyl sites for hydroxylation is 1. The molecule has 1 amide bonds. The standard InChI is InChI=1S/C15H20ClNO3S/c1-11-4-5-12(21(16,19)20)10-13(11)14(18)17-8-6-15(2,3)7-9-17/h4-5,10H,6-9H2,1-3H3. The van der Waals surface area contributed by atoms with Gasteiger partial charge in [0.15, 0.2) is 0 Å². The molecule has 0 radical (unpaired) electrons. The molecule has 1 aliphatic rings. The van der Waals surface area contributed by atoms with E-state index in [0.717, 1.165) is 18.4 Å². The van der Waals surface area contributed by atoms with Gasteiger partial charge in [-0.15, -0.1) is 0 Å². The Kier molecular flexibility index (Phi) is 4.36. The molecule has 0 saturated carbocycles. The normalized spacial score (nSPS) is 18.6. The summed E-state index contributed by atoms with van der Waals surface area (Å²) in [6, 6.07) is 4.42. The van der Waals surface area contributed by atoms with Crippen LogP contribution in [0.3, 0.4) is 0 Å². The highest BCUT2D eigenvalue weighted by Crippen LogP contribution is 2.31. The molecule has 1 aliphatic heterocycles. The molecule has 0 spiro atoms. The molecule has 0 unspecified atom stereocenters. The smallest absolute Gasteiger partial charge is 0.261 e. The number of hydrogen-bond donors (Lipinski definition) is 0. The summed E-state index contributed by atoms with van der Waals surface area (Å²) in [6.07, 6.45) is 1.90. The summed E-state index contributed by atoms with van der Waals surface area (Å²) < 4.78 is 22.8. The van der Waals surface area contributed by atoms with Crippen LogP contribution in [0.2, 0.25) is 0 Å². The van der Waals surface area contributed by atoms with Gasteiger partial charge in [-0.25, -0.2) is 8.42 Å². The molecular formula is C15H20ClNO3S. The van der Waals surface area contributed by atoms with Gasteiger partial charge in [0.2, 0.25) is 0 Å². The third kappa shape index (κ3) is 3.77. The molecule has 1 heterocycles. The van der Waals surface area contributed by atoms with Gasteiger partial charge in [-0.3, -0.25) is 4.79 Å². The van der Waals surface area contributed by atoms with Crippen LogP contribution in [-0.2, 0) is 9.05 Å². The van der Waals surface area contributed by atoms with Crippen LogP contribution in [0.4, 0.5) is 0 Å². The Morgan fingerprint density at radius 2 is 1.81 bits per heavy atom. The summed E-state index contributed by atoms with van der Waals surface area (Å²) in [4.78, 5) is 14.4. The van der Waals surface area contributed by atoms with Crippen LogP contribution in [0, 0.1) is 12.3 Å². The fourth-order valence-corrected chi connectivity index (χ4v) is 3.25. The van der Waals surface area contributed by atoms with Crippen molar-refractivity contribution in [3.8, 4) is 0 Å². The lowest BCUT2D eigenvalue weighted by Crippen LogP contribution is -2.41. The number of rotatable bonds is 2. The fourth-order valence-electron chi connectivity index (χ4n) is 2.47. The number of likely N-dealkylation sites (tertiary alicyclic amines) is 1. The Hall–Kier alpha value is -1.07. The second-order valence-corrected chi connectivity index (χ2v) is 8.94. The summed E-state index contributed by atoms with van der Waals surface area (Å²) in [5.74, 6) is -0.120. The molecule has 1 saturated heterocycles. The van der Waals surface area contributed by atoms with Gasteiger partial charge in [-0.1, -0.05) is 19.9 Å². The largest absolute Gasteiger partial charge is 0.339 e. The first-order valence-electron chi connectivity index (χ1n) is 6.95. The van der Waals surface area contributed by atoms with Gasteiger partial charge in [-0.2, -0.15) is 0 Å². The summed E-state index contributed by atoms with van der Waals surface area (Å²) >= 11 is 0. The first-order chi connectivity index (χ1) is 9.60. The van der Waals surface area contributed by atoms with Crippen molar-refractivity contribution in [1.29, 1.82) is 0 Å². The third-order valence-electron chi connectivity index (χ3n) is 4.13. The van der Waals surface area contributed by atoms with Crippen molar-refractivity contribution >= 4 is 25.6 Å². The van der Waals surface area contributed by atoms with Crippen molar-refractivity contribution in [1.82, 2.24) is 4.90 Å². The Labute approximate surface area is 130 Å². The Morgan fingerprint density at radius 1 is 1.24 bits per heavy atom. The van der Waals surface area contributed by atoms with Crippen molar-refractivity contribution in [2.75, 3.05) is 13.1 Å². The summed E-state index contributed by atoms with van der Waals surface area (Å²) in [7, 11) is 1.53. The first-order valence-corrected chi connectivity index (χ1v) is 9.26. The predicted molar refractivity (Wildman–Crippen MR) is 83.1 cm³/mol. The second-order valence-electron chi connectivity index (χ2n) is 6.37. The molecule has 0 bridgehead atoms. The minimum atomic E-state index is -3.82. The maximum atomic E-state index is 12.6. The average molecular weight is 330 g/mol. The second kappa shape index (κ2) is 5.61. The van der Waals surface area contributed by atoms with E-state index in [-0.39, 0.29) is 16.2 Å². The molecule has 4 nitrogen and oxygen atoms in total. The van der Waals surface area contributed by atoms with Crippen molar-refractivity contribution in [3.63, 3.8) is 0 Å². The van der Waals surface area contributed by atoms with E-state index in [1.54, 1.807) is 17.9 Å². The van der Waals surface area contributed by atoms with Gasteiger partial charge < -0.3 is 4.90 Å². The molecule has 1 fully saturated rings. The van der Waals surface area contributed by atoms with E-state index in [2.05, 4.69) is 13.8 Å². The molecule has 6 heteroatoms. The lowest BCUT2D eigenvalue weighted by Gasteiger charge is -2.37. The van der Waals surface area contributed by atoms with E-state index in [1.807, 2.05) is 0 Å². The topological polar surface area (TPSA) is 54.5 Å². The third-order valence-corrected chi connectivity index (χ3v) is 5.48. The number of carbonyl (C=O) groups excluding carboxylic acids is 1. The highest BCUT2D eigenvalue weighted by Gasteiger charge is 2.29. The zero-order chi connectivity index (χ0) is 15.8. The highest BCUT2D eigenvalue weighted by atomic mass is 35.7. The highest BCUT2D eigenvalue weighted by molar-refractivity contribution is 8.13. The predicted octanol–water partition coefficient (Wildman–Crippen LogP) is 3.18. The SMILES string of the molecule is Cc1ccc(S(=O)(=O)Cl)cc1C(=O)N1CCC(C)(C)CC1. The van der Waals surface area contributed by atoms with E-state index in [1.165, 1.54) is 12.1 Å². The number of nitrogens with zero attached hydrogens (tertiary/aromatic N) is 1. The first kappa shape index (κ1) is 16.3. The number of carbonyl (C=O) groups is 1. The van der Waals surface area contributed by atoms with Crippen LogP contribution in [0.25, 0.3) is 0 Å². The van der Waals surface area contributed by atoms with E-state index in [4.69, 9.17) is 10.7 Å². The lowest BCUT2D eigenvalue weighted by molar-refractivity contribution is 0.0629. The van der Waals surface area contributed by atoms with Crippen LogP contribution in [0.5, 0.6) is 0 Å². The van der Waals surface area contributed by atoms with Crippen molar-refractivity contribution in [3.05, 3.63) is 29.3 Å². The number of piperidine rings is 1. The summed E-state index contributed by atoms with van der Waals surface area (Å²) in [6.45, 7) is 7.58. The van der Waals surface area contributed by atoms with Crippen molar-refractivity contribution in [2.45, 2.75) is 38.5 Å². The molecule has 21 heavy (non-hydrogen) atoms. The molecule has 1 aromatic carbocycles. The van der Waals surface area contributed by atoms with Crippen LogP contribution < -0.4 is 0 Å². The number of hydrogen-bond acceptors (Lipinski definition) is 3. The minimum absolute atomic E-state index is 0.0320. The lowest BCUT2D eigenvalue weighted by atomic mass is 9.82. The van der Waals surface area contributed by atoms with Gasteiger partial charge in [0, 0.05) is 29.3 Å². The van der Waals surface area contributed by atoms with Crippen LogP contribution in [-0.4, -0.2) is 32.3 Å². The maximum Gasteiger partial charge on any atom is 0.261 e. The minimum Gasteiger partial charge on any atom is -0.339 e. The number of halogens is 1. The molecular weight excluding hydrogens is 310 g/mol. The zero-order valence-corrected chi connectivity index (χ0v) is 14.1. The van der Waals surface area contributed by atoms with E-state index in [0.29, 0.717) is 18.7 Å². The molecule has 1 aromatic rings. The molecule has 0 N–H and O–H groups in total. The van der Waals surface area contributed by atoms with Crippen molar-refractivity contribution in [2.24, 2.45) is 5.41 Å². The van der Waals surface area contributed by atoms with Gasteiger partial charge in [-0.05, 0) is 42.9 Å². The van der Waals surface area contributed by atoms with Gasteiger partial charge in [0.25, 0.3) is 15.0 Å². The average Bonchev–Trinajstić information content (AvgIpc) is 2.37. The van der Waals surface area contributed by atoms with Crippen LogP contribution >= 0.6 is 10.7 Å². The molecule has 0 aromatic heterocycles.